The van der Waals surface area contributed by atoms with Gasteiger partial charge >= 0.3 is 0 Å². The van der Waals surface area contributed by atoms with E-state index in [2.05, 4.69) is 4.90 Å². The lowest BCUT2D eigenvalue weighted by Crippen LogP contribution is -2.22. The molecule has 1 aliphatic rings. The average Bonchev–Trinajstić information content (AvgIpc) is 2.79. The molecule has 3 nitrogen and oxygen atoms in total. The van der Waals surface area contributed by atoms with E-state index < -0.39 is 0 Å². The Balaban J connectivity index is 1.70. The summed E-state index contributed by atoms with van der Waals surface area (Å²) in [5.74, 6) is -0.0909. The molecule has 94 valence electrons. The molecule has 2 N–H and O–H groups in total. The van der Waals surface area contributed by atoms with Crippen molar-refractivity contribution in [2.75, 3.05) is 32.0 Å². The number of benzene rings is 1. The summed E-state index contributed by atoms with van der Waals surface area (Å²) in [6.45, 7) is 3.97. The number of likely N-dealkylation sites (tertiary alicyclic amines) is 1. The van der Waals surface area contributed by atoms with Gasteiger partial charge in [-0.3, -0.25) is 0 Å². The Bertz CT molecular complexity index is 364. The van der Waals surface area contributed by atoms with Crippen LogP contribution >= 0.6 is 0 Å². The molecule has 1 aliphatic heterocycles. The molecular weight excluding hydrogens is 219 g/mol. The van der Waals surface area contributed by atoms with Crippen molar-refractivity contribution < 1.29 is 9.13 Å². The van der Waals surface area contributed by atoms with Crippen LogP contribution in [-0.2, 0) is 0 Å². The summed E-state index contributed by atoms with van der Waals surface area (Å²) in [6.07, 6.45) is 3.53. The molecule has 0 atom stereocenters. The predicted molar refractivity (Wildman–Crippen MR) is 66.6 cm³/mol. The molecule has 0 spiro atoms. The zero-order chi connectivity index (χ0) is 12.1. The zero-order valence-corrected chi connectivity index (χ0v) is 9.99. The maximum absolute atomic E-state index is 13.4. The number of halogens is 1. The van der Waals surface area contributed by atoms with Crippen LogP contribution in [0.25, 0.3) is 0 Å². The molecule has 2 rings (SSSR count). The van der Waals surface area contributed by atoms with Crippen LogP contribution in [0, 0.1) is 5.82 Å². The zero-order valence-electron chi connectivity index (χ0n) is 9.99. The summed E-state index contributed by atoms with van der Waals surface area (Å²) in [6, 6.07) is 4.52. The molecule has 0 aliphatic carbocycles. The number of rotatable bonds is 5. The lowest BCUT2D eigenvalue weighted by molar-refractivity contribution is 0.256. The van der Waals surface area contributed by atoms with Gasteiger partial charge in [0, 0.05) is 18.3 Å². The highest BCUT2D eigenvalue weighted by atomic mass is 19.1. The highest BCUT2D eigenvalue weighted by Crippen LogP contribution is 2.19. The minimum atomic E-state index is -0.383. The van der Waals surface area contributed by atoms with Crippen molar-refractivity contribution in [3.8, 4) is 5.75 Å². The van der Waals surface area contributed by atoms with Crippen LogP contribution < -0.4 is 10.5 Å². The van der Waals surface area contributed by atoms with Crippen LogP contribution in [0.1, 0.15) is 19.3 Å². The number of anilines is 1. The summed E-state index contributed by atoms with van der Waals surface area (Å²) in [5, 5.41) is 0. The Morgan fingerprint density at radius 2 is 2.06 bits per heavy atom. The van der Waals surface area contributed by atoms with Crippen LogP contribution in [0.15, 0.2) is 18.2 Å². The topological polar surface area (TPSA) is 38.5 Å². The molecule has 17 heavy (non-hydrogen) atoms. The monoisotopic (exact) mass is 238 g/mol. The second-order valence-corrected chi connectivity index (χ2v) is 4.44. The van der Waals surface area contributed by atoms with Gasteiger partial charge in [0.1, 0.15) is 0 Å². The van der Waals surface area contributed by atoms with Gasteiger partial charge < -0.3 is 15.4 Å². The van der Waals surface area contributed by atoms with E-state index in [1.807, 2.05) is 0 Å². The summed E-state index contributed by atoms with van der Waals surface area (Å²) in [5.41, 5.74) is 5.89. The Hall–Kier alpha value is -1.29. The second-order valence-electron chi connectivity index (χ2n) is 4.44. The highest BCUT2D eigenvalue weighted by molar-refractivity contribution is 5.42. The largest absolute Gasteiger partial charge is 0.490 e. The van der Waals surface area contributed by atoms with Crippen LogP contribution in [0.4, 0.5) is 10.1 Å². The third-order valence-electron chi connectivity index (χ3n) is 3.03. The molecule has 0 radical (unpaired) electrons. The van der Waals surface area contributed by atoms with Gasteiger partial charge in [0.05, 0.1) is 6.61 Å². The molecule has 0 aromatic heterocycles. The molecule has 0 amide bonds. The fourth-order valence-corrected chi connectivity index (χ4v) is 2.11. The molecule has 1 aromatic carbocycles. The van der Waals surface area contributed by atoms with Gasteiger partial charge in [0.25, 0.3) is 0 Å². The molecular formula is C13H19FN2O. The first-order valence-electron chi connectivity index (χ1n) is 6.16. The van der Waals surface area contributed by atoms with Gasteiger partial charge in [-0.05, 0) is 44.5 Å². The van der Waals surface area contributed by atoms with Crippen molar-refractivity contribution in [2.24, 2.45) is 0 Å². The first-order valence-corrected chi connectivity index (χ1v) is 6.16. The normalized spacial score (nSPS) is 16.3. The highest BCUT2D eigenvalue weighted by Gasteiger charge is 2.10. The Labute approximate surface area is 101 Å². The quantitative estimate of drug-likeness (QED) is 0.631. The number of nitrogen functional groups attached to an aromatic ring is 1. The third-order valence-corrected chi connectivity index (χ3v) is 3.03. The Kier molecular flexibility index (Phi) is 4.20. The molecule has 1 fully saturated rings. The number of nitrogens with two attached hydrogens (primary N) is 1. The standard InChI is InChI=1S/C13H19FN2O/c14-12-10-11(15)4-5-13(12)17-9-3-8-16-6-1-2-7-16/h4-5,10H,1-3,6-9,15H2. The number of nitrogens with zero attached hydrogens (tertiary/aromatic N) is 1. The van der Waals surface area contributed by atoms with E-state index in [4.69, 9.17) is 10.5 Å². The molecule has 1 heterocycles. The van der Waals surface area contributed by atoms with E-state index in [1.54, 1.807) is 12.1 Å². The molecule has 1 aromatic rings. The molecule has 0 unspecified atom stereocenters. The molecule has 4 heteroatoms. The summed E-state index contributed by atoms with van der Waals surface area (Å²) in [7, 11) is 0. The summed E-state index contributed by atoms with van der Waals surface area (Å²) < 4.78 is 18.8. The van der Waals surface area contributed by atoms with Gasteiger partial charge in [-0.2, -0.15) is 0 Å². The van der Waals surface area contributed by atoms with E-state index in [9.17, 15) is 4.39 Å². The summed E-state index contributed by atoms with van der Waals surface area (Å²) >= 11 is 0. The summed E-state index contributed by atoms with van der Waals surface area (Å²) in [4.78, 5) is 2.42. The maximum atomic E-state index is 13.4. The van der Waals surface area contributed by atoms with Crippen molar-refractivity contribution >= 4 is 5.69 Å². The lowest BCUT2D eigenvalue weighted by Gasteiger charge is -2.14. The van der Waals surface area contributed by atoms with E-state index in [-0.39, 0.29) is 5.82 Å². The Morgan fingerprint density at radius 3 is 2.76 bits per heavy atom. The fourth-order valence-electron chi connectivity index (χ4n) is 2.11. The van der Waals surface area contributed by atoms with E-state index >= 15 is 0 Å². The van der Waals surface area contributed by atoms with Crippen LogP contribution in [0.2, 0.25) is 0 Å². The van der Waals surface area contributed by atoms with Crippen molar-refractivity contribution in [1.82, 2.24) is 4.90 Å². The predicted octanol–water partition coefficient (Wildman–Crippen LogP) is 2.27. The van der Waals surface area contributed by atoms with Crippen LogP contribution in [0.3, 0.4) is 0 Å². The SMILES string of the molecule is Nc1ccc(OCCCN2CCCC2)c(F)c1. The van der Waals surface area contributed by atoms with Gasteiger partial charge in [0.15, 0.2) is 11.6 Å². The van der Waals surface area contributed by atoms with Crippen LogP contribution in [-0.4, -0.2) is 31.1 Å². The number of hydrogen-bond donors (Lipinski definition) is 1. The fraction of sp³-hybridized carbons (Fsp3) is 0.538. The minimum Gasteiger partial charge on any atom is -0.490 e. The van der Waals surface area contributed by atoms with E-state index in [0.29, 0.717) is 18.0 Å². The molecule has 0 saturated carbocycles. The first kappa shape index (κ1) is 12.2. The van der Waals surface area contributed by atoms with Gasteiger partial charge in [-0.25, -0.2) is 4.39 Å². The van der Waals surface area contributed by atoms with E-state index in [0.717, 1.165) is 13.0 Å². The smallest absolute Gasteiger partial charge is 0.167 e. The molecule has 1 saturated heterocycles. The maximum Gasteiger partial charge on any atom is 0.167 e. The average molecular weight is 238 g/mol. The number of hydrogen-bond acceptors (Lipinski definition) is 3. The molecule has 0 bridgehead atoms. The van der Waals surface area contributed by atoms with Gasteiger partial charge in [-0.15, -0.1) is 0 Å². The van der Waals surface area contributed by atoms with Crippen molar-refractivity contribution in [3.63, 3.8) is 0 Å². The van der Waals surface area contributed by atoms with Gasteiger partial charge in [-0.1, -0.05) is 0 Å². The van der Waals surface area contributed by atoms with Crippen molar-refractivity contribution in [3.05, 3.63) is 24.0 Å². The second kappa shape index (κ2) is 5.87. The number of ether oxygens (including phenoxy) is 1. The van der Waals surface area contributed by atoms with Crippen molar-refractivity contribution in [2.45, 2.75) is 19.3 Å². The lowest BCUT2D eigenvalue weighted by atomic mass is 10.3. The van der Waals surface area contributed by atoms with Crippen molar-refractivity contribution in [1.29, 1.82) is 0 Å². The third kappa shape index (κ3) is 3.60. The minimum absolute atomic E-state index is 0.292. The van der Waals surface area contributed by atoms with Gasteiger partial charge in [0.2, 0.25) is 0 Å². The van der Waals surface area contributed by atoms with Crippen LogP contribution in [0.5, 0.6) is 5.75 Å². The van der Waals surface area contributed by atoms with E-state index in [1.165, 1.54) is 32.0 Å². The Morgan fingerprint density at radius 1 is 1.29 bits per heavy atom. The first-order chi connectivity index (χ1) is 8.25.